The van der Waals surface area contributed by atoms with Gasteiger partial charge in [-0.15, -0.1) is 0 Å². The van der Waals surface area contributed by atoms with Gasteiger partial charge in [0.1, 0.15) is 19.8 Å². The molecule has 31 heavy (non-hydrogen) atoms. The number of rotatable bonds is 11. The second kappa shape index (κ2) is 12.7. The third kappa shape index (κ3) is 11.2. The van der Waals surface area contributed by atoms with Gasteiger partial charge in [-0.05, 0) is 38.3 Å². The van der Waals surface area contributed by atoms with Crippen LogP contribution >= 0.6 is 0 Å². The molecule has 0 aliphatic heterocycles. The number of carbonyl (C=O) groups excluding carboxylic acids is 2. The Kier molecular flexibility index (Phi) is 10.00. The Morgan fingerprint density at radius 3 is 2.03 bits per heavy atom. The summed E-state index contributed by atoms with van der Waals surface area (Å²) in [5, 5.41) is 5.68. The van der Waals surface area contributed by atoms with Crippen molar-refractivity contribution in [3.8, 4) is 0 Å². The minimum atomic E-state index is -0.414. The number of hydrogen-bond donors (Lipinski definition) is 2. The molecule has 7 heteroatoms. The molecule has 0 fully saturated rings. The minimum absolute atomic E-state index is 0.108. The number of amides is 2. The van der Waals surface area contributed by atoms with Crippen LogP contribution in [0.5, 0.6) is 0 Å². The average molecular weight is 429 g/mol. The van der Waals surface area contributed by atoms with E-state index in [2.05, 4.69) is 10.6 Å². The van der Waals surface area contributed by atoms with E-state index in [1.54, 1.807) is 0 Å². The van der Waals surface area contributed by atoms with Crippen LogP contribution in [0, 0.1) is 0 Å². The zero-order valence-corrected chi connectivity index (χ0v) is 18.4. The van der Waals surface area contributed by atoms with Crippen molar-refractivity contribution in [1.29, 1.82) is 0 Å². The summed E-state index contributed by atoms with van der Waals surface area (Å²) < 4.78 is 5.31. The van der Waals surface area contributed by atoms with E-state index in [-0.39, 0.29) is 37.2 Å². The predicted octanol–water partition coefficient (Wildman–Crippen LogP) is 4.12. The fourth-order valence-corrected chi connectivity index (χ4v) is 2.68. The summed E-state index contributed by atoms with van der Waals surface area (Å²) in [6, 6.07) is 18.4. The van der Waals surface area contributed by atoms with Crippen LogP contribution in [0.2, 0.25) is 0 Å². The quantitative estimate of drug-likeness (QED) is 0.243. The molecular formula is C24H32N2O5. The van der Waals surface area contributed by atoms with Gasteiger partial charge < -0.3 is 15.4 Å². The molecular weight excluding hydrogens is 396 g/mol. The van der Waals surface area contributed by atoms with Crippen molar-refractivity contribution in [2.75, 3.05) is 6.61 Å². The molecule has 2 amide bonds. The van der Waals surface area contributed by atoms with Crippen LogP contribution in [0.1, 0.15) is 44.7 Å². The van der Waals surface area contributed by atoms with Crippen LogP contribution in [-0.4, -0.2) is 30.2 Å². The summed E-state index contributed by atoms with van der Waals surface area (Å²) in [4.78, 5) is 34.9. The second-order valence-electron chi connectivity index (χ2n) is 8.26. The lowest BCUT2D eigenvalue weighted by atomic mass is 10.1. The topological polar surface area (TPSA) is 85.9 Å². The fourth-order valence-electron chi connectivity index (χ4n) is 2.68. The highest BCUT2D eigenvalue weighted by Crippen LogP contribution is 2.07. The molecule has 0 radical (unpaired) electrons. The van der Waals surface area contributed by atoms with Gasteiger partial charge in [-0.3, -0.25) is 4.79 Å². The summed E-state index contributed by atoms with van der Waals surface area (Å²) in [5.41, 5.74) is 1.52. The van der Waals surface area contributed by atoms with Crippen molar-refractivity contribution in [3.05, 3.63) is 71.8 Å². The molecule has 0 heterocycles. The van der Waals surface area contributed by atoms with Gasteiger partial charge in [0.05, 0.1) is 6.04 Å². The highest BCUT2D eigenvalue weighted by molar-refractivity contribution is 5.75. The highest BCUT2D eigenvalue weighted by atomic mass is 17.2. The normalized spacial score (nSPS) is 12.1. The number of esters is 1. The van der Waals surface area contributed by atoms with E-state index in [0.29, 0.717) is 13.0 Å². The van der Waals surface area contributed by atoms with Crippen molar-refractivity contribution in [2.45, 2.75) is 58.4 Å². The fraction of sp³-hybridized carbons (Fsp3) is 0.417. The molecule has 1 atom stereocenters. The molecule has 0 unspecified atom stereocenters. The highest BCUT2D eigenvalue weighted by Gasteiger charge is 2.19. The summed E-state index contributed by atoms with van der Waals surface area (Å²) in [7, 11) is 0. The lowest BCUT2D eigenvalue weighted by molar-refractivity contribution is -0.306. The summed E-state index contributed by atoms with van der Waals surface area (Å²) in [6.45, 7) is 6.29. The molecule has 0 spiro atoms. The Morgan fingerprint density at radius 1 is 0.871 bits per heavy atom. The van der Waals surface area contributed by atoms with E-state index in [9.17, 15) is 9.59 Å². The van der Waals surface area contributed by atoms with E-state index in [1.807, 2.05) is 81.4 Å². The molecule has 0 aromatic heterocycles. The molecule has 168 valence electrons. The first-order chi connectivity index (χ1) is 14.8. The van der Waals surface area contributed by atoms with Crippen LogP contribution in [0.4, 0.5) is 4.79 Å². The summed E-state index contributed by atoms with van der Waals surface area (Å²) in [6.07, 6.45) is 0.509. The van der Waals surface area contributed by atoms with Gasteiger partial charge in [0, 0.05) is 12.0 Å². The number of urea groups is 1. The first kappa shape index (κ1) is 24.4. The third-order valence-corrected chi connectivity index (χ3v) is 4.18. The molecule has 0 saturated carbocycles. The second-order valence-corrected chi connectivity index (χ2v) is 8.26. The molecule has 2 rings (SSSR count). The lowest BCUT2D eigenvalue weighted by Gasteiger charge is -2.24. The average Bonchev–Trinajstić information content (AvgIpc) is 2.73. The van der Waals surface area contributed by atoms with E-state index in [1.165, 1.54) is 0 Å². The third-order valence-electron chi connectivity index (χ3n) is 4.18. The van der Waals surface area contributed by atoms with Gasteiger partial charge in [0.2, 0.25) is 0 Å². The Labute approximate surface area is 184 Å². The smallest absolute Gasteiger partial charge is 0.315 e. The first-order valence-corrected chi connectivity index (χ1v) is 10.4. The number of carbonyl (C=O) groups is 2. The van der Waals surface area contributed by atoms with E-state index >= 15 is 0 Å². The Balaban J connectivity index is 1.79. The SMILES string of the molecule is CC(C)(C)NC(=O)N[C@@H](CCC(=O)OCc1ccccc1)COOCc1ccccc1. The Hall–Kier alpha value is -2.90. The van der Waals surface area contributed by atoms with Gasteiger partial charge in [0.25, 0.3) is 0 Å². The van der Waals surface area contributed by atoms with E-state index in [4.69, 9.17) is 14.5 Å². The molecule has 0 aliphatic carbocycles. The number of benzene rings is 2. The Bertz CT molecular complexity index is 791. The van der Waals surface area contributed by atoms with Gasteiger partial charge >= 0.3 is 12.0 Å². The van der Waals surface area contributed by atoms with Crippen LogP contribution < -0.4 is 10.6 Å². The number of nitrogens with one attached hydrogen (secondary N) is 2. The number of ether oxygens (including phenoxy) is 1. The zero-order valence-electron chi connectivity index (χ0n) is 18.4. The molecule has 0 saturated heterocycles. The van der Waals surface area contributed by atoms with Crippen LogP contribution in [0.25, 0.3) is 0 Å². The van der Waals surface area contributed by atoms with E-state index < -0.39 is 6.04 Å². The molecule has 2 N–H and O–H groups in total. The number of hydrogen-bond acceptors (Lipinski definition) is 5. The van der Waals surface area contributed by atoms with Crippen LogP contribution in [-0.2, 0) is 32.5 Å². The van der Waals surface area contributed by atoms with Crippen molar-refractivity contribution < 1.29 is 24.1 Å². The maximum absolute atomic E-state index is 12.2. The van der Waals surface area contributed by atoms with Crippen molar-refractivity contribution in [1.82, 2.24) is 10.6 Å². The standard InChI is InChI=1S/C24H32N2O5/c1-24(2,3)26-23(28)25-21(18-31-30-17-20-12-8-5-9-13-20)14-15-22(27)29-16-19-10-6-4-7-11-19/h4-13,21H,14-18H2,1-3H3,(H2,25,26,28)/t21-/m0/s1. The molecule has 2 aromatic rings. The maximum atomic E-state index is 12.2. The lowest BCUT2D eigenvalue weighted by Crippen LogP contribution is -2.50. The predicted molar refractivity (Wildman–Crippen MR) is 118 cm³/mol. The van der Waals surface area contributed by atoms with Gasteiger partial charge in [-0.1, -0.05) is 60.7 Å². The van der Waals surface area contributed by atoms with E-state index in [0.717, 1.165) is 11.1 Å². The summed E-state index contributed by atoms with van der Waals surface area (Å²) in [5.74, 6) is -0.336. The summed E-state index contributed by atoms with van der Waals surface area (Å²) >= 11 is 0. The van der Waals surface area contributed by atoms with Crippen LogP contribution in [0.15, 0.2) is 60.7 Å². The maximum Gasteiger partial charge on any atom is 0.315 e. The monoisotopic (exact) mass is 428 g/mol. The minimum Gasteiger partial charge on any atom is -0.461 e. The largest absolute Gasteiger partial charge is 0.461 e. The van der Waals surface area contributed by atoms with Gasteiger partial charge in [-0.25, -0.2) is 14.6 Å². The first-order valence-electron chi connectivity index (χ1n) is 10.4. The molecule has 0 bridgehead atoms. The van der Waals surface area contributed by atoms with Crippen molar-refractivity contribution in [2.24, 2.45) is 0 Å². The molecule has 7 nitrogen and oxygen atoms in total. The van der Waals surface area contributed by atoms with Crippen molar-refractivity contribution >= 4 is 12.0 Å². The molecule has 2 aromatic carbocycles. The van der Waals surface area contributed by atoms with Gasteiger partial charge in [0.15, 0.2) is 0 Å². The van der Waals surface area contributed by atoms with Crippen molar-refractivity contribution in [3.63, 3.8) is 0 Å². The zero-order chi connectivity index (χ0) is 22.5. The van der Waals surface area contributed by atoms with Gasteiger partial charge in [-0.2, -0.15) is 0 Å². The Morgan fingerprint density at radius 2 is 1.45 bits per heavy atom. The molecule has 0 aliphatic rings. The van der Waals surface area contributed by atoms with Crippen LogP contribution in [0.3, 0.4) is 0 Å².